The molecule has 1 aromatic carbocycles. The number of nitrogens with one attached hydrogen (secondary N) is 1. The zero-order chi connectivity index (χ0) is 25.7. The zero-order valence-corrected chi connectivity index (χ0v) is 20.5. The number of fused-ring (bicyclic) bond motifs is 3. The van der Waals surface area contributed by atoms with Crippen molar-refractivity contribution in [2.75, 3.05) is 12.4 Å². The van der Waals surface area contributed by atoms with Crippen LogP contribution in [0.2, 0.25) is 0 Å². The van der Waals surface area contributed by atoms with Gasteiger partial charge in [-0.2, -0.15) is 0 Å². The van der Waals surface area contributed by atoms with E-state index < -0.39 is 5.97 Å². The number of hydrogen-bond donors (Lipinski definition) is 1. The van der Waals surface area contributed by atoms with E-state index in [2.05, 4.69) is 37.4 Å². The van der Waals surface area contributed by atoms with Crippen molar-refractivity contribution in [1.29, 1.82) is 0 Å². The molecule has 0 saturated heterocycles. The molecule has 1 heterocycles. The maximum absolute atomic E-state index is 11.7. The summed E-state index contributed by atoms with van der Waals surface area (Å²) in [6, 6.07) is 0.0774. The number of hydrogen-bond acceptors (Lipinski definition) is 6. The first kappa shape index (κ1) is 33.2. The Kier molecular flexibility index (Phi) is 16.2. The van der Waals surface area contributed by atoms with E-state index in [1.807, 2.05) is 26.0 Å². The van der Waals surface area contributed by atoms with Crippen LogP contribution in [0.4, 0.5) is 5.69 Å². The van der Waals surface area contributed by atoms with E-state index in [4.69, 9.17) is 28.2 Å². The number of benzene rings is 1. The molecule has 0 spiro atoms. The number of esters is 2. The standard InChI is InChI=1S/C21H25NO5.3CO.Fe/c1-11(26-13(3)23)10-16-12(2)20(25-5)21(27-14(4)24)18-15-8-6-7-9-17(15)22-19(16)18;3*1-2;/h6-9,11,15,17,22H,10H2,1-5H3;;;;/t11?,15-,17+;;;;/m0..../s1. The summed E-state index contributed by atoms with van der Waals surface area (Å²) in [5, 5.41) is 3.54. The van der Waals surface area contributed by atoms with E-state index in [-0.39, 0.29) is 41.1 Å². The monoisotopic (exact) mass is 511 g/mol. The fourth-order valence-corrected chi connectivity index (χ4v) is 3.92. The Balaban J connectivity index is 0. The van der Waals surface area contributed by atoms with E-state index >= 15 is 0 Å². The van der Waals surface area contributed by atoms with Crippen LogP contribution in [0.25, 0.3) is 0 Å². The molecule has 2 aliphatic rings. The van der Waals surface area contributed by atoms with Crippen LogP contribution in [0.15, 0.2) is 24.3 Å². The number of carbonyl (C=O) groups excluding carboxylic acids is 2. The quantitative estimate of drug-likeness (QED) is 0.212. The number of carbonyl (C=O) groups is 2. The fourth-order valence-electron chi connectivity index (χ4n) is 3.92. The summed E-state index contributed by atoms with van der Waals surface area (Å²) < 4.78 is 39.1. The molecule has 9 nitrogen and oxygen atoms in total. The van der Waals surface area contributed by atoms with Gasteiger partial charge in [-0.1, -0.05) is 24.3 Å². The second kappa shape index (κ2) is 16.6. The molecule has 0 saturated carbocycles. The molecule has 0 amide bonds. The average Bonchev–Trinajstić information content (AvgIpc) is 3.19. The third-order valence-electron chi connectivity index (χ3n) is 4.90. The van der Waals surface area contributed by atoms with Crippen molar-refractivity contribution < 1.29 is 54.8 Å². The van der Waals surface area contributed by atoms with E-state index in [0.29, 0.717) is 17.9 Å². The fraction of sp³-hybridized carbons (Fsp3) is 0.375. The Morgan fingerprint density at radius 2 is 1.59 bits per heavy atom. The molecule has 0 fully saturated rings. The van der Waals surface area contributed by atoms with Gasteiger partial charge in [-0.25, -0.2) is 0 Å². The van der Waals surface area contributed by atoms with Gasteiger partial charge in [-0.05, 0) is 19.4 Å². The largest absolute Gasteiger partial charge is 0 e. The molecule has 0 radical (unpaired) electrons. The Hall–Kier alpha value is -3.02. The molecule has 1 aliphatic heterocycles. The van der Waals surface area contributed by atoms with Crippen LogP contribution in [0.1, 0.15) is 43.4 Å². The van der Waals surface area contributed by atoms with E-state index in [1.54, 1.807) is 7.11 Å². The number of methoxy groups -OCH3 is 1. The molecule has 3 atom stereocenters. The van der Waals surface area contributed by atoms with Crippen LogP contribution in [0.3, 0.4) is 0 Å². The minimum absolute atomic E-state index is 0. The molecule has 34 heavy (non-hydrogen) atoms. The second-order valence-corrected chi connectivity index (χ2v) is 6.94. The first-order valence-electron chi connectivity index (χ1n) is 9.65. The molecule has 3 rings (SSSR count). The molecular formula is C24H25FeNO8. The van der Waals surface area contributed by atoms with Crippen molar-refractivity contribution in [2.24, 2.45) is 0 Å². The molecule has 0 bridgehead atoms. The van der Waals surface area contributed by atoms with Crippen LogP contribution in [-0.4, -0.2) is 31.2 Å². The zero-order valence-electron chi connectivity index (χ0n) is 19.4. The minimum atomic E-state index is -0.394. The van der Waals surface area contributed by atoms with Gasteiger partial charge in [0.05, 0.1) is 13.2 Å². The third kappa shape index (κ3) is 7.79. The second-order valence-electron chi connectivity index (χ2n) is 6.94. The molecule has 1 N–H and O–H groups in total. The van der Waals surface area contributed by atoms with Crippen molar-refractivity contribution in [3.8, 4) is 11.5 Å². The predicted octanol–water partition coefficient (Wildman–Crippen LogP) is 3.31. The minimum Gasteiger partial charge on any atom is 0 e. The Bertz CT molecular complexity index is 963. The Morgan fingerprint density at radius 3 is 2.09 bits per heavy atom. The first-order chi connectivity index (χ1) is 15.8. The van der Waals surface area contributed by atoms with Crippen LogP contribution >= 0.6 is 0 Å². The van der Waals surface area contributed by atoms with Gasteiger partial charge < -0.3 is 19.5 Å². The van der Waals surface area contributed by atoms with Crippen molar-refractivity contribution in [3.05, 3.63) is 60.9 Å². The van der Waals surface area contributed by atoms with Gasteiger partial charge in [0.15, 0.2) is 11.5 Å². The molecule has 1 aliphatic carbocycles. The maximum atomic E-state index is 11.7. The summed E-state index contributed by atoms with van der Waals surface area (Å²) in [5.41, 5.74) is 3.70. The molecule has 182 valence electrons. The SMILES string of the molecule is COc1c(C)c(CC(C)OC(C)=O)c2c(c1OC(C)=O)[C@H]1C=CC=C[C@H]1N2.[C-]#[O+].[C-]#[O+].[C-]#[O+].[Fe]. The van der Waals surface area contributed by atoms with E-state index in [1.165, 1.54) is 13.8 Å². The third-order valence-corrected chi connectivity index (χ3v) is 4.90. The predicted molar refractivity (Wildman–Crippen MR) is 114 cm³/mol. The average molecular weight is 511 g/mol. The van der Waals surface area contributed by atoms with Gasteiger partial charge in [0.2, 0.25) is 0 Å². The van der Waals surface area contributed by atoms with Gasteiger partial charge in [0.25, 0.3) is 0 Å². The van der Waals surface area contributed by atoms with Crippen molar-refractivity contribution in [1.82, 2.24) is 0 Å². The maximum Gasteiger partial charge on any atom is 0 e. The van der Waals surface area contributed by atoms with Crippen LogP contribution < -0.4 is 14.8 Å². The molecule has 0 aromatic heterocycles. The summed E-state index contributed by atoms with van der Waals surface area (Å²) in [6.07, 6.45) is 8.41. The van der Waals surface area contributed by atoms with Crippen LogP contribution in [0, 0.1) is 26.9 Å². The van der Waals surface area contributed by atoms with Crippen molar-refractivity contribution >= 4 is 17.6 Å². The topological polar surface area (TPSA) is 134 Å². The first-order valence-corrected chi connectivity index (χ1v) is 9.65. The van der Waals surface area contributed by atoms with Crippen molar-refractivity contribution in [2.45, 2.75) is 52.2 Å². The summed E-state index contributed by atoms with van der Waals surface area (Å²) in [4.78, 5) is 23.1. The molecular weight excluding hydrogens is 486 g/mol. The van der Waals surface area contributed by atoms with Crippen LogP contribution in [-0.2, 0) is 51.8 Å². The number of allylic oxidation sites excluding steroid dienone is 2. The number of ether oxygens (including phenoxy) is 3. The van der Waals surface area contributed by atoms with E-state index in [0.717, 1.165) is 22.4 Å². The summed E-state index contributed by atoms with van der Waals surface area (Å²) >= 11 is 0. The number of anilines is 1. The molecule has 10 heteroatoms. The molecule has 1 unspecified atom stereocenters. The smallest absolute Gasteiger partial charge is 0 e. The van der Waals surface area contributed by atoms with Gasteiger partial charge >= 0.3 is 45.8 Å². The van der Waals surface area contributed by atoms with E-state index in [9.17, 15) is 9.59 Å². The summed E-state index contributed by atoms with van der Waals surface area (Å²) in [6.45, 7) is 20.1. The summed E-state index contributed by atoms with van der Waals surface area (Å²) in [5.74, 6) is 0.333. The van der Waals surface area contributed by atoms with Gasteiger partial charge in [-0.15, -0.1) is 0 Å². The normalized spacial score (nSPS) is 16.3. The number of rotatable bonds is 5. The summed E-state index contributed by atoms with van der Waals surface area (Å²) in [7, 11) is 1.57. The van der Waals surface area contributed by atoms with Crippen LogP contribution in [0.5, 0.6) is 11.5 Å². The Morgan fingerprint density at radius 1 is 1.03 bits per heavy atom. The van der Waals surface area contributed by atoms with Crippen molar-refractivity contribution in [3.63, 3.8) is 0 Å². The van der Waals surface area contributed by atoms with Gasteiger partial charge in [0.1, 0.15) is 6.10 Å². The van der Waals surface area contributed by atoms with Gasteiger partial charge in [-0.3, -0.25) is 9.59 Å². The van der Waals surface area contributed by atoms with Gasteiger partial charge in [0, 0.05) is 60.1 Å². The molecule has 1 aromatic rings. The Labute approximate surface area is 209 Å².